The molecule has 2 atom stereocenters. The Hall–Kier alpha value is -0.940. The van der Waals surface area contributed by atoms with Gasteiger partial charge < -0.3 is 10.1 Å². The quantitative estimate of drug-likeness (QED) is 0.854. The van der Waals surface area contributed by atoms with Gasteiger partial charge in [0.15, 0.2) is 0 Å². The van der Waals surface area contributed by atoms with Crippen LogP contribution in [0.3, 0.4) is 0 Å². The predicted octanol–water partition coefficient (Wildman–Crippen LogP) is 4.87. The van der Waals surface area contributed by atoms with Crippen molar-refractivity contribution < 1.29 is 17.9 Å². The molecular weight excluding hydrogens is 303 g/mol. The molecule has 0 amide bonds. The van der Waals surface area contributed by atoms with Crippen molar-refractivity contribution in [2.24, 2.45) is 0 Å². The van der Waals surface area contributed by atoms with Gasteiger partial charge in [-0.15, -0.1) is 0 Å². The van der Waals surface area contributed by atoms with Crippen LogP contribution < -0.4 is 10.1 Å². The van der Waals surface area contributed by atoms with Gasteiger partial charge in [-0.25, -0.2) is 0 Å². The number of rotatable bonds is 4. The van der Waals surface area contributed by atoms with Crippen LogP contribution in [0.5, 0.6) is 5.75 Å². The molecule has 0 aliphatic carbocycles. The van der Waals surface area contributed by atoms with Crippen molar-refractivity contribution in [2.45, 2.75) is 50.4 Å². The molecule has 0 saturated heterocycles. The molecule has 0 saturated carbocycles. The molecule has 1 aromatic carbocycles. The summed E-state index contributed by atoms with van der Waals surface area (Å²) in [5, 5.41) is 3.81. The standard InChI is InChI=1S/C15H19ClF3NO/c1-14(6-3-7-15(17,18)19)9-12(20-2)11-8-10(16)4-5-13(11)21-14/h4-5,8,12,20H,3,6-7,9H2,1-2H3. The summed E-state index contributed by atoms with van der Waals surface area (Å²) in [4.78, 5) is 0. The minimum absolute atomic E-state index is 0.0309. The van der Waals surface area contributed by atoms with E-state index in [1.165, 1.54) is 0 Å². The second-order valence-electron chi connectivity index (χ2n) is 5.75. The Bertz CT molecular complexity index is 506. The van der Waals surface area contributed by atoms with Crippen LogP contribution in [0, 0.1) is 0 Å². The first-order chi connectivity index (χ1) is 9.72. The molecule has 1 aliphatic heterocycles. The number of hydrogen-bond donors (Lipinski definition) is 1. The van der Waals surface area contributed by atoms with Crippen LogP contribution >= 0.6 is 11.6 Å². The van der Waals surface area contributed by atoms with E-state index in [1.54, 1.807) is 12.1 Å². The lowest BCUT2D eigenvalue weighted by Crippen LogP contribution is -2.41. The van der Waals surface area contributed by atoms with Crippen molar-refractivity contribution in [1.82, 2.24) is 5.32 Å². The van der Waals surface area contributed by atoms with Gasteiger partial charge in [0.25, 0.3) is 0 Å². The number of fused-ring (bicyclic) bond motifs is 1. The number of alkyl halides is 3. The highest BCUT2D eigenvalue weighted by atomic mass is 35.5. The summed E-state index contributed by atoms with van der Waals surface area (Å²) in [6.45, 7) is 1.87. The fourth-order valence-electron chi connectivity index (χ4n) is 2.81. The second-order valence-corrected chi connectivity index (χ2v) is 6.18. The van der Waals surface area contributed by atoms with E-state index >= 15 is 0 Å². The van der Waals surface area contributed by atoms with Crippen molar-refractivity contribution >= 4 is 11.6 Å². The van der Waals surface area contributed by atoms with Crippen molar-refractivity contribution in [3.8, 4) is 5.75 Å². The molecular formula is C15H19ClF3NO. The van der Waals surface area contributed by atoms with E-state index in [-0.39, 0.29) is 12.5 Å². The fourth-order valence-corrected chi connectivity index (χ4v) is 2.99. The van der Waals surface area contributed by atoms with E-state index in [2.05, 4.69) is 5.32 Å². The van der Waals surface area contributed by atoms with Gasteiger partial charge in [-0.2, -0.15) is 13.2 Å². The topological polar surface area (TPSA) is 21.3 Å². The Labute approximate surface area is 127 Å². The maximum Gasteiger partial charge on any atom is 0.389 e. The number of ether oxygens (including phenoxy) is 1. The van der Waals surface area contributed by atoms with E-state index in [1.807, 2.05) is 20.0 Å². The third-order valence-corrected chi connectivity index (χ3v) is 4.09. The summed E-state index contributed by atoms with van der Waals surface area (Å²) < 4.78 is 42.8. The van der Waals surface area contributed by atoms with Gasteiger partial charge in [0, 0.05) is 29.5 Å². The summed E-state index contributed by atoms with van der Waals surface area (Å²) in [6.07, 6.45) is -3.83. The first kappa shape index (κ1) is 16.4. The van der Waals surface area contributed by atoms with Crippen LogP contribution in [-0.4, -0.2) is 18.8 Å². The molecule has 0 fully saturated rings. The Morgan fingerprint density at radius 3 is 2.76 bits per heavy atom. The Kier molecular flexibility index (Phi) is 4.73. The lowest BCUT2D eigenvalue weighted by Gasteiger charge is -2.40. The SMILES string of the molecule is CNC1CC(C)(CCCC(F)(F)F)Oc2ccc(Cl)cc21. The van der Waals surface area contributed by atoms with Crippen LogP contribution in [0.15, 0.2) is 18.2 Å². The van der Waals surface area contributed by atoms with Crippen molar-refractivity contribution in [1.29, 1.82) is 0 Å². The largest absolute Gasteiger partial charge is 0.487 e. The zero-order valence-corrected chi connectivity index (χ0v) is 12.8. The van der Waals surface area contributed by atoms with E-state index in [0.717, 1.165) is 5.56 Å². The third-order valence-electron chi connectivity index (χ3n) is 3.85. The average Bonchev–Trinajstić information content (AvgIpc) is 2.37. The lowest BCUT2D eigenvalue weighted by atomic mass is 9.85. The highest BCUT2D eigenvalue weighted by molar-refractivity contribution is 6.30. The minimum atomic E-state index is -4.11. The molecule has 2 unspecified atom stereocenters. The molecule has 1 aromatic rings. The molecule has 0 radical (unpaired) electrons. The van der Waals surface area contributed by atoms with Gasteiger partial charge >= 0.3 is 6.18 Å². The first-order valence-electron chi connectivity index (χ1n) is 6.95. The van der Waals surface area contributed by atoms with E-state index in [9.17, 15) is 13.2 Å². The Morgan fingerprint density at radius 2 is 2.14 bits per heavy atom. The Morgan fingerprint density at radius 1 is 1.43 bits per heavy atom. The van der Waals surface area contributed by atoms with E-state index < -0.39 is 18.2 Å². The monoisotopic (exact) mass is 321 g/mol. The number of hydrogen-bond acceptors (Lipinski definition) is 2. The zero-order chi connectivity index (χ0) is 15.7. The van der Waals surface area contributed by atoms with Gasteiger partial charge in [-0.3, -0.25) is 0 Å². The van der Waals surface area contributed by atoms with Crippen molar-refractivity contribution in [3.63, 3.8) is 0 Å². The minimum Gasteiger partial charge on any atom is -0.487 e. The lowest BCUT2D eigenvalue weighted by molar-refractivity contribution is -0.137. The normalized spacial score (nSPS) is 25.3. The molecule has 6 heteroatoms. The van der Waals surface area contributed by atoms with Crippen molar-refractivity contribution in [3.05, 3.63) is 28.8 Å². The Balaban J connectivity index is 2.11. The molecule has 2 nitrogen and oxygen atoms in total. The van der Waals surface area contributed by atoms with E-state index in [0.29, 0.717) is 23.6 Å². The molecule has 118 valence electrons. The van der Waals surface area contributed by atoms with Gasteiger partial charge in [0.1, 0.15) is 11.4 Å². The molecule has 0 spiro atoms. The zero-order valence-electron chi connectivity index (χ0n) is 12.1. The van der Waals surface area contributed by atoms with E-state index in [4.69, 9.17) is 16.3 Å². The number of halogens is 4. The highest BCUT2D eigenvalue weighted by Gasteiger charge is 2.37. The third kappa shape index (κ3) is 4.27. The molecule has 2 rings (SSSR count). The van der Waals surface area contributed by atoms with Crippen LogP contribution in [0.25, 0.3) is 0 Å². The summed E-state index contributed by atoms with van der Waals surface area (Å²) in [5.41, 5.74) is 0.359. The summed E-state index contributed by atoms with van der Waals surface area (Å²) >= 11 is 6.00. The number of nitrogens with one attached hydrogen (secondary N) is 1. The molecule has 1 aliphatic rings. The molecule has 1 heterocycles. The van der Waals surface area contributed by atoms with Crippen LogP contribution in [0.1, 0.15) is 44.2 Å². The molecule has 0 aromatic heterocycles. The van der Waals surface area contributed by atoms with Crippen LogP contribution in [0.2, 0.25) is 5.02 Å². The molecule has 1 N–H and O–H groups in total. The highest BCUT2D eigenvalue weighted by Crippen LogP contribution is 2.42. The summed E-state index contributed by atoms with van der Waals surface area (Å²) in [6, 6.07) is 5.38. The molecule has 0 bridgehead atoms. The second kappa shape index (κ2) is 6.05. The van der Waals surface area contributed by atoms with Gasteiger partial charge in [-0.1, -0.05) is 11.6 Å². The maximum atomic E-state index is 12.3. The smallest absolute Gasteiger partial charge is 0.389 e. The first-order valence-corrected chi connectivity index (χ1v) is 7.33. The van der Waals surface area contributed by atoms with Crippen molar-refractivity contribution in [2.75, 3.05) is 7.05 Å². The van der Waals surface area contributed by atoms with Crippen LogP contribution in [-0.2, 0) is 0 Å². The summed E-state index contributed by atoms with van der Waals surface area (Å²) in [5.74, 6) is 0.694. The van der Waals surface area contributed by atoms with Gasteiger partial charge in [0.2, 0.25) is 0 Å². The average molecular weight is 322 g/mol. The maximum absolute atomic E-state index is 12.3. The van der Waals surface area contributed by atoms with Gasteiger partial charge in [0.05, 0.1) is 0 Å². The summed E-state index contributed by atoms with van der Waals surface area (Å²) in [7, 11) is 1.83. The van der Waals surface area contributed by atoms with Crippen LogP contribution in [0.4, 0.5) is 13.2 Å². The fraction of sp³-hybridized carbons (Fsp3) is 0.600. The number of benzene rings is 1. The molecule has 21 heavy (non-hydrogen) atoms. The van der Waals surface area contributed by atoms with Gasteiger partial charge in [-0.05, 0) is 45.0 Å². The predicted molar refractivity (Wildman–Crippen MR) is 76.8 cm³/mol.